The number of nitrogens with zero attached hydrogens (tertiary/aromatic N) is 1. The van der Waals surface area contributed by atoms with E-state index in [9.17, 15) is 9.59 Å². The Morgan fingerprint density at radius 3 is 2.35 bits per heavy atom. The maximum Gasteiger partial charge on any atom is 0.410 e. The summed E-state index contributed by atoms with van der Waals surface area (Å²) in [5.74, 6) is 0.314. The summed E-state index contributed by atoms with van der Waals surface area (Å²) in [4.78, 5) is 27.6. The number of rotatable bonds is 2. The molecule has 1 aromatic carbocycles. The lowest BCUT2D eigenvalue weighted by molar-refractivity contribution is -0.121. The van der Waals surface area contributed by atoms with Gasteiger partial charge in [-0.15, -0.1) is 0 Å². The molecule has 1 amide bonds. The Bertz CT molecular complexity index is 760. The van der Waals surface area contributed by atoms with Gasteiger partial charge in [-0.05, 0) is 63.7 Å². The number of allylic oxidation sites excluding steroid dienone is 1. The summed E-state index contributed by atoms with van der Waals surface area (Å²) in [6.45, 7) is 5.69. The lowest BCUT2D eigenvalue weighted by Gasteiger charge is -2.39. The molecule has 4 heteroatoms. The normalized spacial score (nSPS) is 27.1. The molecule has 3 aliphatic rings. The van der Waals surface area contributed by atoms with Crippen LogP contribution in [0, 0.1) is 5.92 Å². The number of amides is 1. The Morgan fingerprint density at radius 2 is 1.73 bits per heavy atom. The first-order valence-electron chi connectivity index (χ1n) is 9.66. The highest BCUT2D eigenvalue weighted by Crippen LogP contribution is 2.41. The lowest BCUT2D eigenvalue weighted by atomic mass is 9.84. The number of ketones is 1. The summed E-state index contributed by atoms with van der Waals surface area (Å²) >= 11 is 0. The van der Waals surface area contributed by atoms with Gasteiger partial charge in [-0.3, -0.25) is 4.79 Å². The molecular weight excluding hydrogens is 326 g/mol. The number of hydrogen-bond donors (Lipinski definition) is 0. The van der Waals surface area contributed by atoms with E-state index >= 15 is 0 Å². The van der Waals surface area contributed by atoms with Crippen molar-refractivity contribution in [3.05, 3.63) is 41.0 Å². The number of fused-ring (bicyclic) bond motifs is 3. The van der Waals surface area contributed by atoms with Gasteiger partial charge >= 0.3 is 6.09 Å². The van der Waals surface area contributed by atoms with Gasteiger partial charge in [-0.1, -0.05) is 24.3 Å². The first kappa shape index (κ1) is 17.3. The highest BCUT2D eigenvalue weighted by atomic mass is 16.6. The van der Waals surface area contributed by atoms with Gasteiger partial charge in [-0.2, -0.15) is 0 Å². The van der Waals surface area contributed by atoms with Crippen molar-refractivity contribution in [2.75, 3.05) is 0 Å². The highest BCUT2D eigenvalue weighted by molar-refractivity contribution is 6.03. The second-order valence-electron chi connectivity index (χ2n) is 8.85. The van der Waals surface area contributed by atoms with Crippen molar-refractivity contribution in [3.8, 4) is 0 Å². The topological polar surface area (TPSA) is 46.6 Å². The molecule has 2 unspecified atom stereocenters. The molecule has 2 atom stereocenters. The van der Waals surface area contributed by atoms with E-state index in [-0.39, 0.29) is 29.9 Å². The number of carbonyl (C=O) groups is 2. The van der Waals surface area contributed by atoms with Gasteiger partial charge in [0.25, 0.3) is 0 Å². The van der Waals surface area contributed by atoms with Gasteiger partial charge in [-0.25, -0.2) is 4.79 Å². The molecule has 1 aromatic rings. The maximum atomic E-state index is 13.1. The summed E-state index contributed by atoms with van der Waals surface area (Å²) in [6.07, 6.45) is 6.07. The molecule has 2 fully saturated rings. The molecule has 0 aromatic heterocycles. The third-order valence-corrected chi connectivity index (χ3v) is 5.79. The number of carbonyl (C=O) groups excluding carboxylic acids is 2. The van der Waals surface area contributed by atoms with Crippen molar-refractivity contribution < 1.29 is 14.3 Å². The van der Waals surface area contributed by atoms with Crippen LogP contribution in [0.2, 0.25) is 0 Å². The zero-order chi connectivity index (χ0) is 18.5. The molecule has 2 bridgehead atoms. The van der Waals surface area contributed by atoms with Crippen LogP contribution in [0.4, 0.5) is 4.79 Å². The van der Waals surface area contributed by atoms with E-state index < -0.39 is 5.60 Å². The molecule has 26 heavy (non-hydrogen) atoms. The van der Waals surface area contributed by atoms with Crippen LogP contribution in [0.3, 0.4) is 0 Å². The summed E-state index contributed by atoms with van der Waals surface area (Å²) in [5, 5.41) is 0. The average molecular weight is 353 g/mol. The fourth-order valence-corrected chi connectivity index (χ4v) is 4.70. The van der Waals surface area contributed by atoms with Gasteiger partial charge < -0.3 is 9.64 Å². The van der Waals surface area contributed by atoms with E-state index in [0.29, 0.717) is 0 Å². The predicted octanol–water partition coefficient (Wildman–Crippen LogP) is 4.37. The molecule has 0 radical (unpaired) electrons. The second-order valence-corrected chi connectivity index (χ2v) is 8.85. The molecule has 0 N–H and O–H groups in total. The van der Waals surface area contributed by atoms with Crippen molar-refractivity contribution in [3.63, 3.8) is 0 Å². The first-order chi connectivity index (χ1) is 12.3. The number of Topliss-reactive ketones (excluding diaryl/α,β-unsaturated/α-hetero) is 1. The van der Waals surface area contributed by atoms with Crippen LogP contribution in [-0.4, -0.2) is 34.5 Å². The fraction of sp³-hybridized carbons (Fsp3) is 0.545. The van der Waals surface area contributed by atoms with Gasteiger partial charge in [0.1, 0.15) is 5.60 Å². The van der Waals surface area contributed by atoms with E-state index in [4.69, 9.17) is 4.74 Å². The van der Waals surface area contributed by atoms with Crippen LogP contribution in [-0.2, 0) is 16.0 Å². The smallest absolute Gasteiger partial charge is 0.410 e. The standard InChI is InChI=1S/C22H27NO3/c1-22(2,3)26-21(25)23-18-8-9-19(23)13-17(12-18)20(24)16-10-14-6-4-5-7-15(14)11-16/h4-7,10,17-19H,8-9,11-13H2,1-3H3. The second kappa shape index (κ2) is 6.26. The first-order valence-corrected chi connectivity index (χ1v) is 9.66. The van der Waals surface area contributed by atoms with Crippen LogP contribution in [0.15, 0.2) is 29.8 Å². The third-order valence-electron chi connectivity index (χ3n) is 5.79. The summed E-state index contributed by atoms with van der Waals surface area (Å²) < 4.78 is 5.59. The molecule has 0 saturated carbocycles. The monoisotopic (exact) mass is 353 g/mol. The molecule has 138 valence electrons. The van der Waals surface area contributed by atoms with Gasteiger partial charge in [0.15, 0.2) is 5.78 Å². The molecule has 4 rings (SSSR count). The zero-order valence-electron chi connectivity index (χ0n) is 15.8. The van der Waals surface area contributed by atoms with Gasteiger partial charge in [0.2, 0.25) is 0 Å². The average Bonchev–Trinajstić information content (AvgIpc) is 3.11. The molecule has 2 saturated heterocycles. The minimum atomic E-state index is -0.483. The van der Waals surface area contributed by atoms with Crippen molar-refractivity contribution in [1.29, 1.82) is 0 Å². The van der Waals surface area contributed by atoms with E-state index in [1.165, 1.54) is 11.1 Å². The van der Waals surface area contributed by atoms with E-state index in [1.807, 2.05) is 37.8 Å². The van der Waals surface area contributed by atoms with Crippen molar-refractivity contribution >= 4 is 18.0 Å². The zero-order valence-corrected chi connectivity index (χ0v) is 15.8. The van der Waals surface area contributed by atoms with Crippen molar-refractivity contribution in [2.45, 2.75) is 70.6 Å². The molecule has 2 heterocycles. The Kier molecular flexibility index (Phi) is 4.17. The van der Waals surface area contributed by atoms with Crippen LogP contribution < -0.4 is 0 Å². The van der Waals surface area contributed by atoms with Crippen molar-refractivity contribution in [2.24, 2.45) is 5.92 Å². The van der Waals surface area contributed by atoms with Gasteiger partial charge in [0.05, 0.1) is 0 Å². The number of ether oxygens (including phenoxy) is 1. The molecule has 0 spiro atoms. The third kappa shape index (κ3) is 3.17. The van der Waals surface area contributed by atoms with Crippen LogP contribution in [0.25, 0.3) is 6.08 Å². The Labute approximate surface area is 155 Å². The van der Waals surface area contributed by atoms with E-state index in [1.54, 1.807) is 0 Å². The maximum absolute atomic E-state index is 13.1. The Morgan fingerprint density at radius 1 is 1.08 bits per heavy atom. The van der Waals surface area contributed by atoms with E-state index in [2.05, 4.69) is 18.2 Å². The molecular formula is C22H27NO3. The molecule has 2 aliphatic heterocycles. The molecule has 1 aliphatic carbocycles. The van der Waals surface area contributed by atoms with E-state index in [0.717, 1.165) is 37.7 Å². The lowest BCUT2D eigenvalue weighted by Crippen LogP contribution is -2.49. The quantitative estimate of drug-likeness (QED) is 0.793. The minimum absolute atomic E-state index is 0.0340. The Balaban J connectivity index is 1.45. The Hall–Kier alpha value is -2.10. The fourth-order valence-electron chi connectivity index (χ4n) is 4.70. The summed E-state index contributed by atoms with van der Waals surface area (Å²) in [6, 6.07) is 8.50. The highest BCUT2D eigenvalue weighted by Gasteiger charge is 2.46. The summed E-state index contributed by atoms with van der Waals surface area (Å²) in [7, 11) is 0. The SMILES string of the molecule is CC(C)(C)OC(=O)N1C2CCC1CC(C(=O)C1=Cc3ccccc3C1)C2. The van der Waals surface area contributed by atoms with Crippen LogP contribution >= 0.6 is 0 Å². The number of hydrogen-bond acceptors (Lipinski definition) is 3. The van der Waals surface area contributed by atoms with Gasteiger partial charge in [0, 0.05) is 30.0 Å². The summed E-state index contributed by atoms with van der Waals surface area (Å²) in [5.41, 5.74) is 2.86. The van der Waals surface area contributed by atoms with Crippen molar-refractivity contribution in [1.82, 2.24) is 4.90 Å². The van der Waals surface area contributed by atoms with Crippen LogP contribution in [0.1, 0.15) is 57.6 Å². The number of piperidine rings is 1. The predicted molar refractivity (Wildman–Crippen MR) is 101 cm³/mol. The minimum Gasteiger partial charge on any atom is -0.444 e. The number of benzene rings is 1. The largest absolute Gasteiger partial charge is 0.444 e. The molecule has 4 nitrogen and oxygen atoms in total. The van der Waals surface area contributed by atoms with Crippen LogP contribution in [0.5, 0.6) is 0 Å².